The molecule has 3 aliphatic rings. The van der Waals surface area contributed by atoms with Crippen molar-refractivity contribution in [3.05, 3.63) is 75.8 Å². The predicted molar refractivity (Wildman–Crippen MR) is 171 cm³/mol. The number of pyridine rings is 1. The van der Waals surface area contributed by atoms with Gasteiger partial charge in [0.25, 0.3) is 0 Å². The van der Waals surface area contributed by atoms with E-state index in [2.05, 4.69) is 33.6 Å². The second-order valence-electron chi connectivity index (χ2n) is 12.1. The summed E-state index contributed by atoms with van der Waals surface area (Å²) in [5.41, 5.74) is 7.19. The number of Topliss-reactive ketones (excluding diaryl/α,β-unsaturated/α-hetero) is 1. The van der Waals surface area contributed by atoms with Crippen molar-refractivity contribution in [3.8, 4) is 0 Å². The molecule has 42 heavy (non-hydrogen) atoms. The largest absolute Gasteiger partial charge is 0.393 e. The number of aliphatic hydroxyl groups is 1. The van der Waals surface area contributed by atoms with Crippen LogP contribution >= 0.6 is 11.6 Å². The van der Waals surface area contributed by atoms with E-state index < -0.39 is 0 Å². The van der Waals surface area contributed by atoms with Crippen LogP contribution in [0.3, 0.4) is 0 Å². The molecule has 1 aromatic heterocycles. The van der Waals surface area contributed by atoms with Gasteiger partial charge in [0.1, 0.15) is 5.82 Å². The maximum Gasteiger partial charge on any atom is 0.193 e. The topological polar surface area (TPSA) is 82.5 Å². The van der Waals surface area contributed by atoms with E-state index >= 15 is 0 Å². The number of hydrogen-bond donors (Lipinski definition) is 2. The Labute approximate surface area is 256 Å². The molecule has 1 aliphatic heterocycles. The van der Waals surface area contributed by atoms with E-state index in [9.17, 15) is 14.7 Å². The first-order valence-electron chi connectivity index (χ1n) is 15.6. The number of nitrogens with zero attached hydrogens (tertiary/aromatic N) is 2. The molecular weight excluding hydrogens is 546 g/mol. The summed E-state index contributed by atoms with van der Waals surface area (Å²) in [7, 11) is 0. The van der Waals surface area contributed by atoms with Crippen molar-refractivity contribution in [2.75, 3.05) is 24.5 Å². The standard InChI is InChI=1S/C35H46ClN3O3/c1-4-11-27(40)13-6-9-16-32(41)28(5-2)29-14-7-8-15-31(29)38-23-33(42)26-12-10-21-39(24-35(22-26)18-19-35)34-25(3)30(36)17-20-37-34/h9,16-17,20,22,27,38,40H,2,4,6-8,10-15,18-19,21,23-24H2,1,3H3/b16-9+,26-22-. The van der Waals surface area contributed by atoms with Crippen molar-refractivity contribution < 1.29 is 14.7 Å². The molecule has 4 rings (SSSR count). The summed E-state index contributed by atoms with van der Waals surface area (Å²) in [6, 6.07) is 1.83. The highest BCUT2D eigenvalue weighted by atomic mass is 35.5. The minimum Gasteiger partial charge on any atom is -0.393 e. The van der Waals surface area contributed by atoms with Crippen LogP contribution in [0.5, 0.6) is 0 Å². The molecule has 226 valence electrons. The number of anilines is 1. The molecular formula is C35H46ClN3O3. The Bertz CT molecular complexity index is 1300. The number of rotatable bonds is 13. The van der Waals surface area contributed by atoms with Gasteiger partial charge in [0.15, 0.2) is 11.6 Å². The Morgan fingerprint density at radius 2 is 2.02 bits per heavy atom. The third-order valence-electron chi connectivity index (χ3n) is 8.73. The van der Waals surface area contributed by atoms with Crippen molar-refractivity contribution >= 4 is 29.0 Å². The maximum absolute atomic E-state index is 13.5. The van der Waals surface area contributed by atoms with Crippen LogP contribution in [0.4, 0.5) is 5.82 Å². The lowest BCUT2D eigenvalue weighted by molar-refractivity contribution is -0.115. The Balaban J connectivity index is 1.41. The van der Waals surface area contributed by atoms with Gasteiger partial charge >= 0.3 is 0 Å². The molecule has 1 spiro atoms. The van der Waals surface area contributed by atoms with Gasteiger partial charge in [-0.1, -0.05) is 43.7 Å². The van der Waals surface area contributed by atoms with E-state index in [1.165, 1.54) is 0 Å². The smallest absolute Gasteiger partial charge is 0.193 e. The predicted octanol–water partition coefficient (Wildman–Crippen LogP) is 7.11. The number of aliphatic hydroxyl groups excluding tert-OH is 1. The normalized spacial score (nSPS) is 20.4. The quantitative estimate of drug-likeness (QED) is 0.188. The first-order valence-corrected chi connectivity index (χ1v) is 16.0. The fourth-order valence-corrected chi connectivity index (χ4v) is 6.29. The van der Waals surface area contributed by atoms with Gasteiger partial charge in [-0.15, -0.1) is 5.73 Å². The summed E-state index contributed by atoms with van der Waals surface area (Å²) in [5, 5.41) is 14.1. The van der Waals surface area contributed by atoms with Crippen LogP contribution in [-0.4, -0.2) is 47.4 Å². The van der Waals surface area contributed by atoms with Crippen molar-refractivity contribution in [2.45, 2.75) is 97.0 Å². The summed E-state index contributed by atoms with van der Waals surface area (Å²) >= 11 is 6.39. The van der Waals surface area contributed by atoms with Crippen LogP contribution < -0.4 is 10.2 Å². The summed E-state index contributed by atoms with van der Waals surface area (Å²) in [6.45, 7) is 9.79. The molecule has 0 aromatic carbocycles. The van der Waals surface area contributed by atoms with E-state index in [4.69, 9.17) is 11.6 Å². The zero-order chi connectivity index (χ0) is 30.1. The van der Waals surface area contributed by atoms with Crippen LogP contribution in [0.25, 0.3) is 0 Å². The molecule has 2 heterocycles. The third kappa shape index (κ3) is 8.34. The minimum atomic E-state index is -0.329. The van der Waals surface area contributed by atoms with Crippen molar-refractivity contribution in [1.29, 1.82) is 0 Å². The molecule has 1 aromatic rings. The van der Waals surface area contributed by atoms with Crippen LogP contribution in [0, 0.1) is 12.3 Å². The highest BCUT2D eigenvalue weighted by Crippen LogP contribution is 2.50. The third-order valence-corrected chi connectivity index (χ3v) is 9.14. The van der Waals surface area contributed by atoms with E-state index in [1.807, 2.05) is 26.0 Å². The number of nitrogens with one attached hydrogen (secondary N) is 1. The highest BCUT2D eigenvalue weighted by molar-refractivity contribution is 6.31. The summed E-state index contributed by atoms with van der Waals surface area (Å²) in [4.78, 5) is 33.5. The second-order valence-corrected chi connectivity index (χ2v) is 12.5. The molecule has 1 unspecified atom stereocenters. The molecule has 0 saturated heterocycles. The first kappa shape index (κ1) is 32.0. The van der Waals surface area contributed by atoms with Gasteiger partial charge in [0.2, 0.25) is 0 Å². The summed E-state index contributed by atoms with van der Waals surface area (Å²) < 4.78 is 0. The van der Waals surface area contributed by atoms with E-state index in [1.54, 1.807) is 12.3 Å². The van der Waals surface area contributed by atoms with Crippen LogP contribution in [-0.2, 0) is 9.59 Å². The fourth-order valence-electron chi connectivity index (χ4n) is 6.15. The van der Waals surface area contributed by atoms with Crippen LogP contribution in [0.1, 0.15) is 89.5 Å². The van der Waals surface area contributed by atoms with Gasteiger partial charge < -0.3 is 15.3 Å². The summed E-state index contributed by atoms with van der Waals surface area (Å²) in [6.07, 6.45) is 17.4. The van der Waals surface area contributed by atoms with Gasteiger partial charge in [0.05, 0.1) is 18.2 Å². The van der Waals surface area contributed by atoms with Gasteiger partial charge in [-0.25, -0.2) is 4.98 Å². The summed E-state index contributed by atoms with van der Waals surface area (Å²) in [5.74, 6) is 0.954. The molecule has 6 nitrogen and oxygen atoms in total. The Morgan fingerprint density at radius 3 is 2.76 bits per heavy atom. The molecule has 1 atom stereocenters. The number of carbonyl (C=O) groups excluding carboxylic acids is 2. The minimum absolute atomic E-state index is 0.0151. The molecule has 1 fully saturated rings. The zero-order valence-electron chi connectivity index (χ0n) is 25.3. The maximum atomic E-state index is 13.5. The average Bonchev–Trinajstić information content (AvgIpc) is 3.74. The van der Waals surface area contributed by atoms with Crippen molar-refractivity contribution in [1.82, 2.24) is 10.3 Å². The Hall–Kier alpha value is -2.92. The number of allylic oxidation sites excluding steroid dienone is 5. The van der Waals surface area contributed by atoms with E-state index in [0.29, 0.717) is 18.4 Å². The second kappa shape index (κ2) is 15.0. The zero-order valence-corrected chi connectivity index (χ0v) is 26.1. The molecule has 1 saturated carbocycles. The van der Waals surface area contributed by atoms with Gasteiger partial charge in [-0.3, -0.25) is 9.59 Å². The van der Waals surface area contributed by atoms with E-state index in [0.717, 1.165) is 111 Å². The van der Waals surface area contributed by atoms with Crippen LogP contribution in [0.2, 0.25) is 5.02 Å². The number of halogens is 1. The molecule has 0 radical (unpaired) electrons. The van der Waals surface area contributed by atoms with Gasteiger partial charge in [0, 0.05) is 41.0 Å². The Kier molecular flexibility index (Phi) is 11.4. The first-order chi connectivity index (χ1) is 20.3. The lowest BCUT2D eigenvalue weighted by atomic mass is 9.88. The molecule has 2 N–H and O–H groups in total. The lowest BCUT2D eigenvalue weighted by Gasteiger charge is -2.31. The number of carbonyl (C=O) groups is 2. The van der Waals surface area contributed by atoms with Gasteiger partial charge in [-0.05, 0) is 101 Å². The number of ketones is 2. The Morgan fingerprint density at radius 1 is 1.24 bits per heavy atom. The van der Waals surface area contributed by atoms with Gasteiger partial charge in [-0.2, -0.15) is 0 Å². The van der Waals surface area contributed by atoms with Crippen LogP contribution in [0.15, 0.2) is 65.2 Å². The van der Waals surface area contributed by atoms with E-state index in [-0.39, 0.29) is 29.6 Å². The molecule has 7 heteroatoms. The SMILES string of the molecule is C=C=C(C(=O)/C=C/CCC(O)CCC)C1=C(NCC(=O)/C2=C\C3(CC3)CN(c3nccc(Cl)c3C)CCC2)CCCC1. The van der Waals surface area contributed by atoms with Crippen molar-refractivity contribution in [2.24, 2.45) is 5.41 Å². The van der Waals surface area contributed by atoms with Crippen molar-refractivity contribution in [3.63, 3.8) is 0 Å². The lowest BCUT2D eigenvalue weighted by Crippen LogP contribution is -2.35. The monoisotopic (exact) mass is 591 g/mol. The molecule has 0 amide bonds. The number of aromatic nitrogens is 1. The average molecular weight is 592 g/mol. The fraction of sp³-hybridized carbons (Fsp3) is 0.543. The number of hydrogen-bond acceptors (Lipinski definition) is 6. The highest BCUT2D eigenvalue weighted by Gasteiger charge is 2.44. The molecule has 2 aliphatic carbocycles. The molecule has 0 bridgehead atoms.